The summed E-state index contributed by atoms with van der Waals surface area (Å²) in [5.41, 5.74) is -2.18. The summed E-state index contributed by atoms with van der Waals surface area (Å²) in [5.74, 6) is -1.16. The maximum absolute atomic E-state index is 11.9. The SMILES string of the molecule is CN1C(=O)C(C)(C)C(=O)C(C)(C)C1=O. The van der Waals surface area contributed by atoms with Gasteiger partial charge in [0.15, 0.2) is 5.78 Å². The molecule has 0 aromatic rings. The Kier molecular flexibility index (Phi) is 2.06. The number of amides is 2. The van der Waals surface area contributed by atoms with Gasteiger partial charge >= 0.3 is 0 Å². The number of Topliss-reactive ketones (excluding diaryl/α,β-unsaturated/α-hetero) is 1. The van der Waals surface area contributed by atoms with Gasteiger partial charge in [0.2, 0.25) is 11.8 Å². The van der Waals surface area contributed by atoms with E-state index in [1.54, 1.807) is 27.7 Å². The van der Waals surface area contributed by atoms with Crippen LogP contribution in [0, 0.1) is 10.8 Å². The van der Waals surface area contributed by atoms with Gasteiger partial charge in [0.1, 0.15) is 10.8 Å². The van der Waals surface area contributed by atoms with Gasteiger partial charge < -0.3 is 0 Å². The van der Waals surface area contributed by atoms with Gasteiger partial charge in [-0.25, -0.2) is 0 Å². The summed E-state index contributed by atoms with van der Waals surface area (Å²) >= 11 is 0. The van der Waals surface area contributed by atoms with Crippen LogP contribution in [-0.4, -0.2) is 29.5 Å². The van der Waals surface area contributed by atoms with E-state index in [0.29, 0.717) is 0 Å². The smallest absolute Gasteiger partial charge is 0.242 e. The number of rotatable bonds is 0. The molecule has 0 spiro atoms. The molecule has 0 bridgehead atoms. The van der Waals surface area contributed by atoms with Gasteiger partial charge in [0.25, 0.3) is 0 Å². The molecule has 1 heterocycles. The summed E-state index contributed by atoms with van der Waals surface area (Å²) in [4.78, 5) is 36.2. The molecule has 1 rings (SSSR count). The van der Waals surface area contributed by atoms with Crippen LogP contribution in [0.5, 0.6) is 0 Å². The summed E-state index contributed by atoms with van der Waals surface area (Å²) < 4.78 is 0. The summed E-state index contributed by atoms with van der Waals surface area (Å²) in [7, 11) is 1.42. The highest BCUT2D eigenvalue weighted by Gasteiger charge is 2.55. The molecule has 0 unspecified atom stereocenters. The molecule has 2 amide bonds. The summed E-state index contributed by atoms with van der Waals surface area (Å²) in [5, 5.41) is 0. The van der Waals surface area contributed by atoms with Crippen LogP contribution in [0.15, 0.2) is 0 Å². The molecular formula is C10H15NO3. The Morgan fingerprint density at radius 1 is 0.857 bits per heavy atom. The van der Waals surface area contributed by atoms with Crippen LogP contribution in [0.25, 0.3) is 0 Å². The maximum atomic E-state index is 11.9. The van der Waals surface area contributed by atoms with Crippen LogP contribution in [0.1, 0.15) is 27.7 Å². The molecule has 0 N–H and O–H groups in total. The highest BCUT2D eigenvalue weighted by molar-refractivity contribution is 6.24. The quantitative estimate of drug-likeness (QED) is 0.422. The van der Waals surface area contributed by atoms with E-state index in [4.69, 9.17) is 0 Å². The molecule has 0 aromatic heterocycles. The maximum Gasteiger partial charge on any atom is 0.242 e. The van der Waals surface area contributed by atoms with Crippen LogP contribution in [0.4, 0.5) is 0 Å². The second-order valence-electron chi connectivity index (χ2n) is 4.75. The molecule has 78 valence electrons. The first-order valence-corrected chi connectivity index (χ1v) is 4.51. The van der Waals surface area contributed by atoms with Crippen molar-refractivity contribution < 1.29 is 14.4 Å². The molecule has 1 aliphatic rings. The van der Waals surface area contributed by atoms with Gasteiger partial charge in [-0.05, 0) is 27.7 Å². The van der Waals surface area contributed by atoms with Crippen molar-refractivity contribution in [3.8, 4) is 0 Å². The molecule has 1 fully saturated rings. The molecule has 0 atom stereocenters. The van der Waals surface area contributed by atoms with Gasteiger partial charge in [-0.2, -0.15) is 0 Å². The average molecular weight is 197 g/mol. The minimum Gasteiger partial charge on any atom is -0.297 e. The zero-order valence-electron chi connectivity index (χ0n) is 9.17. The topological polar surface area (TPSA) is 54.5 Å². The van der Waals surface area contributed by atoms with Gasteiger partial charge in [-0.15, -0.1) is 0 Å². The highest BCUT2D eigenvalue weighted by Crippen LogP contribution is 2.37. The number of carbonyl (C=O) groups excluding carboxylic acids is 3. The molecule has 0 radical (unpaired) electrons. The molecule has 0 saturated carbocycles. The molecule has 0 aliphatic carbocycles. The first-order chi connectivity index (χ1) is 6.13. The van der Waals surface area contributed by atoms with Crippen molar-refractivity contribution in [2.75, 3.05) is 7.05 Å². The van der Waals surface area contributed by atoms with E-state index in [1.807, 2.05) is 0 Å². The van der Waals surface area contributed by atoms with Gasteiger partial charge in [0.05, 0.1) is 0 Å². The van der Waals surface area contributed by atoms with E-state index >= 15 is 0 Å². The van der Waals surface area contributed by atoms with E-state index in [9.17, 15) is 14.4 Å². The first kappa shape index (κ1) is 10.9. The van der Waals surface area contributed by atoms with Crippen LogP contribution in [-0.2, 0) is 14.4 Å². The molecule has 1 aliphatic heterocycles. The predicted octanol–water partition coefficient (Wildman–Crippen LogP) is 0.606. The van der Waals surface area contributed by atoms with Crippen molar-refractivity contribution in [2.45, 2.75) is 27.7 Å². The molecule has 4 nitrogen and oxygen atoms in total. The van der Waals surface area contributed by atoms with Crippen molar-refractivity contribution >= 4 is 17.6 Å². The molecular weight excluding hydrogens is 182 g/mol. The Morgan fingerprint density at radius 2 is 1.14 bits per heavy atom. The molecule has 1 saturated heterocycles. The van der Waals surface area contributed by atoms with Crippen molar-refractivity contribution in [1.29, 1.82) is 0 Å². The van der Waals surface area contributed by atoms with Crippen LogP contribution in [0.3, 0.4) is 0 Å². The number of hydrogen-bond donors (Lipinski definition) is 0. The van der Waals surface area contributed by atoms with Crippen LogP contribution >= 0.6 is 0 Å². The number of hydrogen-bond acceptors (Lipinski definition) is 3. The molecule has 0 aromatic carbocycles. The second-order valence-corrected chi connectivity index (χ2v) is 4.75. The molecule has 14 heavy (non-hydrogen) atoms. The van der Waals surface area contributed by atoms with Gasteiger partial charge in [-0.1, -0.05) is 0 Å². The van der Waals surface area contributed by atoms with Crippen molar-refractivity contribution in [3.05, 3.63) is 0 Å². The zero-order chi connectivity index (χ0) is 11.3. The lowest BCUT2D eigenvalue weighted by molar-refractivity contribution is -0.169. The lowest BCUT2D eigenvalue weighted by Gasteiger charge is -2.40. The summed E-state index contributed by atoms with van der Waals surface area (Å²) in [6.07, 6.45) is 0. The number of piperidine rings is 1. The number of nitrogens with zero attached hydrogens (tertiary/aromatic N) is 1. The largest absolute Gasteiger partial charge is 0.297 e. The second kappa shape index (κ2) is 2.65. The standard InChI is InChI=1S/C10H15NO3/c1-9(2)6(12)10(3,4)8(14)11(5)7(9)13/h1-5H3. The number of imide groups is 1. The minimum absolute atomic E-state index is 0.307. The fraction of sp³-hybridized carbons (Fsp3) is 0.700. The Bertz CT molecular complexity index is 298. The Hall–Kier alpha value is -1.19. The first-order valence-electron chi connectivity index (χ1n) is 4.51. The predicted molar refractivity (Wildman–Crippen MR) is 50.3 cm³/mol. The summed E-state index contributed by atoms with van der Waals surface area (Å²) in [6.45, 7) is 6.23. The lowest BCUT2D eigenvalue weighted by Crippen LogP contribution is -2.61. The van der Waals surface area contributed by atoms with E-state index < -0.39 is 22.6 Å². The fourth-order valence-corrected chi connectivity index (χ4v) is 1.91. The van der Waals surface area contributed by atoms with Crippen LogP contribution in [0.2, 0.25) is 0 Å². The summed E-state index contributed by atoms with van der Waals surface area (Å²) in [6, 6.07) is 0. The monoisotopic (exact) mass is 197 g/mol. The fourth-order valence-electron chi connectivity index (χ4n) is 1.91. The Balaban J connectivity index is 3.30. The van der Waals surface area contributed by atoms with E-state index in [-0.39, 0.29) is 5.78 Å². The van der Waals surface area contributed by atoms with E-state index in [2.05, 4.69) is 0 Å². The number of ketones is 1. The third kappa shape index (κ3) is 1.10. The number of carbonyl (C=O) groups is 3. The van der Waals surface area contributed by atoms with E-state index in [1.165, 1.54) is 7.05 Å². The third-order valence-electron chi connectivity index (χ3n) is 2.81. The van der Waals surface area contributed by atoms with Crippen LogP contribution < -0.4 is 0 Å². The Labute approximate surface area is 83.3 Å². The average Bonchev–Trinajstić information content (AvgIpc) is 2.11. The van der Waals surface area contributed by atoms with Crippen molar-refractivity contribution in [2.24, 2.45) is 10.8 Å². The normalized spacial score (nSPS) is 25.5. The molecule has 4 heteroatoms. The zero-order valence-corrected chi connectivity index (χ0v) is 9.17. The van der Waals surface area contributed by atoms with E-state index in [0.717, 1.165) is 4.90 Å². The van der Waals surface area contributed by atoms with Crippen molar-refractivity contribution in [3.63, 3.8) is 0 Å². The lowest BCUT2D eigenvalue weighted by atomic mass is 9.69. The highest BCUT2D eigenvalue weighted by atomic mass is 16.2. The Morgan fingerprint density at radius 3 is 1.43 bits per heavy atom. The third-order valence-corrected chi connectivity index (χ3v) is 2.81. The van der Waals surface area contributed by atoms with Gasteiger partial charge in [0, 0.05) is 7.05 Å². The van der Waals surface area contributed by atoms with Gasteiger partial charge in [-0.3, -0.25) is 19.3 Å². The number of likely N-dealkylation sites (tertiary alicyclic amines) is 1. The minimum atomic E-state index is -1.09. The van der Waals surface area contributed by atoms with Crippen molar-refractivity contribution in [1.82, 2.24) is 4.90 Å².